The molecule has 0 radical (unpaired) electrons. The van der Waals surface area contributed by atoms with E-state index in [2.05, 4.69) is 22.3 Å². The predicted molar refractivity (Wildman–Crippen MR) is 71.1 cm³/mol. The second kappa shape index (κ2) is 5.37. The molecule has 1 aromatic rings. The van der Waals surface area contributed by atoms with E-state index in [-0.39, 0.29) is 0 Å². The summed E-state index contributed by atoms with van der Waals surface area (Å²) in [4.78, 5) is 2.28. The van der Waals surface area contributed by atoms with Crippen molar-refractivity contribution in [1.82, 2.24) is 4.37 Å². The zero-order valence-electron chi connectivity index (χ0n) is 10.1. The van der Waals surface area contributed by atoms with Gasteiger partial charge in [-0.3, -0.25) is 0 Å². The van der Waals surface area contributed by atoms with Gasteiger partial charge in [-0.15, -0.1) is 0 Å². The third kappa shape index (κ3) is 2.52. The average Bonchev–Trinajstić information content (AvgIpc) is 2.58. The van der Waals surface area contributed by atoms with Crippen molar-refractivity contribution in [3.8, 4) is 6.07 Å². The molecule has 4 nitrogen and oxygen atoms in total. The molecule has 1 aromatic heterocycles. The highest BCUT2D eigenvalue weighted by molar-refractivity contribution is 7.10. The molecule has 1 unspecified atom stereocenters. The monoisotopic (exact) mass is 250 g/mol. The molecule has 1 atom stereocenters. The van der Waals surface area contributed by atoms with E-state index >= 15 is 0 Å². The minimum atomic E-state index is 0.379. The van der Waals surface area contributed by atoms with Gasteiger partial charge in [0.2, 0.25) is 0 Å². The Balaban J connectivity index is 2.14. The first-order valence-corrected chi connectivity index (χ1v) is 6.93. The van der Waals surface area contributed by atoms with Gasteiger partial charge in [0, 0.05) is 13.1 Å². The molecule has 92 valence electrons. The molecular weight excluding hydrogens is 232 g/mol. The van der Waals surface area contributed by atoms with E-state index in [1.54, 1.807) is 0 Å². The van der Waals surface area contributed by atoms with E-state index < -0.39 is 0 Å². The standard InChI is InChI=1S/C12H18N4S/c1-2-9-4-3-6-16(7-5-9)12-10(8-13)11(14)15-17-12/h9H,2-7H2,1H3,(H2,14,15). The molecule has 0 aliphatic carbocycles. The minimum Gasteiger partial charge on any atom is -0.382 e. The van der Waals surface area contributed by atoms with Gasteiger partial charge >= 0.3 is 0 Å². The average molecular weight is 250 g/mol. The number of nitriles is 1. The van der Waals surface area contributed by atoms with E-state index in [1.165, 1.54) is 37.2 Å². The van der Waals surface area contributed by atoms with Gasteiger partial charge in [-0.05, 0) is 36.7 Å². The Kier molecular flexibility index (Phi) is 3.85. The second-order valence-corrected chi connectivity index (χ2v) is 5.30. The van der Waals surface area contributed by atoms with E-state index in [1.807, 2.05) is 0 Å². The van der Waals surface area contributed by atoms with Crippen LogP contribution in [0.3, 0.4) is 0 Å². The van der Waals surface area contributed by atoms with Gasteiger partial charge in [0.05, 0.1) is 0 Å². The number of hydrogen-bond donors (Lipinski definition) is 1. The van der Waals surface area contributed by atoms with Crippen molar-refractivity contribution >= 4 is 22.4 Å². The zero-order valence-corrected chi connectivity index (χ0v) is 11.0. The fourth-order valence-corrected chi connectivity index (χ4v) is 3.21. The first-order chi connectivity index (χ1) is 8.26. The van der Waals surface area contributed by atoms with Gasteiger partial charge < -0.3 is 10.6 Å². The summed E-state index contributed by atoms with van der Waals surface area (Å²) in [6.45, 7) is 4.30. The van der Waals surface area contributed by atoms with Crippen LogP contribution in [0.25, 0.3) is 0 Å². The predicted octanol–water partition coefficient (Wildman–Crippen LogP) is 2.61. The van der Waals surface area contributed by atoms with Gasteiger partial charge in [0.25, 0.3) is 0 Å². The number of aromatic nitrogens is 1. The Labute approximate surface area is 106 Å². The summed E-state index contributed by atoms with van der Waals surface area (Å²) in [6.07, 6.45) is 4.95. The highest BCUT2D eigenvalue weighted by atomic mass is 32.1. The summed E-state index contributed by atoms with van der Waals surface area (Å²) >= 11 is 1.35. The van der Waals surface area contributed by atoms with Crippen LogP contribution >= 0.6 is 11.5 Å². The lowest BCUT2D eigenvalue weighted by molar-refractivity contribution is 0.459. The van der Waals surface area contributed by atoms with E-state index in [0.29, 0.717) is 11.4 Å². The molecule has 2 rings (SSSR count). The van der Waals surface area contributed by atoms with Crippen molar-refractivity contribution in [2.45, 2.75) is 32.6 Å². The lowest BCUT2D eigenvalue weighted by atomic mass is 9.98. The second-order valence-electron chi connectivity index (χ2n) is 4.55. The highest BCUT2D eigenvalue weighted by Crippen LogP contribution is 2.32. The molecule has 0 aromatic carbocycles. The van der Waals surface area contributed by atoms with Crippen LogP contribution in [-0.4, -0.2) is 17.5 Å². The topological polar surface area (TPSA) is 65.9 Å². The number of nitrogen functional groups attached to an aromatic ring is 1. The largest absolute Gasteiger partial charge is 0.382 e. The molecule has 2 N–H and O–H groups in total. The van der Waals surface area contributed by atoms with Crippen LogP contribution in [0.4, 0.5) is 10.8 Å². The van der Waals surface area contributed by atoms with Crippen LogP contribution in [0.1, 0.15) is 38.2 Å². The molecule has 1 aliphatic heterocycles. The summed E-state index contributed by atoms with van der Waals surface area (Å²) in [6, 6.07) is 2.17. The molecule has 2 heterocycles. The molecule has 0 bridgehead atoms. The Morgan fingerprint density at radius 1 is 1.53 bits per heavy atom. The van der Waals surface area contributed by atoms with Crippen molar-refractivity contribution in [2.24, 2.45) is 5.92 Å². The maximum absolute atomic E-state index is 9.10. The Morgan fingerprint density at radius 2 is 2.35 bits per heavy atom. The van der Waals surface area contributed by atoms with Gasteiger partial charge in [-0.1, -0.05) is 13.3 Å². The quantitative estimate of drug-likeness (QED) is 0.876. The van der Waals surface area contributed by atoms with Crippen LogP contribution < -0.4 is 10.6 Å². The fourth-order valence-electron chi connectivity index (χ4n) is 2.39. The van der Waals surface area contributed by atoms with E-state index in [4.69, 9.17) is 11.0 Å². The first-order valence-electron chi connectivity index (χ1n) is 6.16. The maximum atomic E-state index is 9.10. The first kappa shape index (κ1) is 12.2. The van der Waals surface area contributed by atoms with Crippen LogP contribution in [0, 0.1) is 17.2 Å². The molecule has 5 heteroatoms. The minimum absolute atomic E-state index is 0.379. The highest BCUT2D eigenvalue weighted by Gasteiger charge is 2.21. The van der Waals surface area contributed by atoms with Crippen LogP contribution in [0.2, 0.25) is 0 Å². The SMILES string of the molecule is CCC1CCCN(c2snc(N)c2C#N)CC1. The molecule has 0 amide bonds. The Hall–Kier alpha value is -1.28. The van der Waals surface area contributed by atoms with E-state index in [0.717, 1.165) is 24.0 Å². The zero-order chi connectivity index (χ0) is 12.3. The summed E-state index contributed by atoms with van der Waals surface area (Å²) in [5.41, 5.74) is 6.26. The van der Waals surface area contributed by atoms with Crippen LogP contribution in [-0.2, 0) is 0 Å². The number of anilines is 2. The van der Waals surface area contributed by atoms with Crippen LogP contribution in [0.5, 0.6) is 0 Å². The number of hydrogen-bond acceptors (Lipinski definition) is 5. The van der Waals surface area contributed by atoms with E-state index in [9.17, 15) is 0 Å². The third-order valence-electron chi connectivity index (χ3n) is 3.52. The maximum Gasteiger partial charge on any atom is 0.157 e. The summed E-state index contributed by atoms with van der Waals surface area (Å²) in [7, 11) is 0. The Morgan fingerprint density at radius 3 is 3.06 bits per heavy atom. The summed E-state index contributed by atoms with van der Waals surface area (Å²) in [5.74, 6) is 1.21. The number of nitrogens with zero attached hydrogens (tertiary/aromatic N) is 3. The summed E-state index contributed by atoms with van der Waals surface area (Å²) in [5, 5.41) is 10.1. The molecular formula is C12H18N4S. The van der Waals surface area contributed by atoms with Crippen molar-refractivity contribution in [1.29, 1.82) is 5.26 Å². The van der Waals surface area contributed by atoms with Gasteiger partial charge in [-0.2, -0.15) is 9.64 Å². The lowest BCUT2D eigenvalue weighted by Crippen LogP contribution is -2.24. The van der Waals surface area contributed by atoms with Crippen molar-refractivity contribution in [2.75, 3.05) is 23.7 Å². The van der Waals surface area contributed by atoms with Gasteiger partial charge in [0.1, 0.15) is 16.6 Å². The molecule has 1 fully saturated rings. The van der Waals surface area contributed by atoms with Crippen molar-refractivity contribution < 1.29 is 0 Å². The third-order valence-corrected chi connectivity index (χ3v) is 4.45. The number of rotatable bonds is 2. The molecule has 17 heavy (non-hydrogen) atoms. The number of nitrogens with two attached hydrogens (primary N) is 1. The van der Waals surface area contributed by atoms with Gasteiger partial charge in [-0.25, -0.2) is 0 Å². The fraction of sp³-hybridized carbons (Fsp3) is 0.667. The van der Waals surface area contributed by atoms with Crippen LogP contribution in [0.15, 0.2) is 0 Å². The Bertz CT molecular complexity index is 421. The lowest BCUT2D eigenvalue weighted by Gasteiger charge is -2.20. The molecule has 1 saturated heterocycles. The van der Waals surface area contributed by atoms with Gasteiger partial charge in [0.15, 0.2) is 5.82 Å². The molecule has 0 saturated carbocycles. The van der Waals surface area contributed by atoms with Crippen molar-refractivity contribution in [3.05, 3.63) is 5.56 Å². The van der Waals surface area contributed by atoms with Crippen molar-refractivity contribution in [3.63, 3.8) is 0 Å². The molecule has 0 spiro atoms. The molecule has 1 aliphatic rings. The normalized spacial score (nSPS) is 20.9. The smallest absolute Gasteiger partial charge is 0.157 e. The summed E-state index contributed by atoms with van der Waals surface area (Å²) < 4.78 is 4.09.